The molecule has 1 aliphatic heterocycles. The molecule has 70 valence electrons. The number of rotatable bonds is 3. The number of carbonyl (C=O) groups excluding carboxylic acids is 1. The van der Waals surface area contributed by atoms with Crippen molar-refractivity contribution in [1.82, 2.24) is 4.90 Å². The van der Waals surface area contributed by atoms with Gasteiger partial charge in [0, 0.05) is 25.3 Å². The van der Waals surface area contributed by atoms with Crippen LogP contribution in [0.1, 0.15) is 26.2 Å². The molecule has 1 saturated heterocycles. The number of hydrogen-bond acceptors (Lipinski definition) is 1. The summed E-state index contributed by atoms with van der Waals surface area (Å²) in [5.41, 5.74) is 0. The normalized spacial score (nSPS) is 23.2. The molecule has 0 radical (unpaired) electrons. The molecule has 3 heteroatoms. The third-order valence-electron chi connectivity index (χ3n) is 2.48. The molecular weight excluding hydrogens is 218 g/mol. The van der Waals surface area contributed by atoms with Crippen LogP contribution in [0.4, 0.5) is 0 Å². The number of hydrogen-bond donors (Lipinski definition) is 0. The molecule has 0 aromatic rings. The fraction of sp³-hybridized carbons (Fsp3) is 0.889. The van der Waals surface area contributed by atoms with E-state index in [-0.39, 0.29) is 5.91 Å². The van der Waals surface area contributed by atoms with Crippen LogP contribution in [0.2, 0.25) is 0 Å². The highest BCUT2D eigenvalue weighted by atomic mass is 79.9. The van der Waals surface area contributed by atoms with Crippen molar-refractivity contribution >= 4 is 21.8 Å². The lowest BCUT2D eigenvalue weighted by Gasteiger charge is -2.13. The average Bonchev–Trinajstić information content (AvgIpc) is 2.48. The van der Waals surface area contributed by atoms with Gasteiger partial charge in [0.1, 0.15) is 0 Å². The third-order valence-corrected chi connectivity index (χ3v) is 3.04. The summed E-state index contributed by atoms with van der Waals surface area (Å²) < 4.78 is 0. The molecule has 1 amide bonds. The summed E-state index contributed by atoms with van der Waals surface area (Å²) in [5, 5.41) is 1.09. The second-order valence-electron chi connectivity index (χ2n) is 3.45. The van der Waals surface area contributed by atoms with Gasteiger partial charge in [-0.25, -0.2) is 0 Å². The number of nitrogens with zero attached hydrogens (tertiary/aromatic N) is 1. The largest absolute Gasteiger partial charge is 0.343 e. The van der Waals surface area contributed by atoms with E-state index in [1.807, 2.05) is 4.90 Å². The first-order valence-electron chi connectivity index (χ1n) is 4.55. The van der Waals surface area contributed by atoms with Crippen molar-refractivity contribution in [2.24, 2.45) is 5.92 Å². The average molecular weight is 234 g/mol. The Balaban J connectivity index is 2.21. The van der Waals surface area contributed by atoms with Gasteiger partial charge in [-0.1, -0.05) is 15.9 Å². The number of carbonyl (C=O) groups is 1. The maximum Gasteiger partial charge on any atom is 0.219 e. The molecule has 0 aromatic heterocycles. The van der Waals surface area contributed by atoms with Gasteiger partial charge in [-0.15, -0.1) is 0 Å². The minimum atomic E-state index is 0.233. The van der Waals surface area contributed by atoms with Crippen LogP contribution in [0, 0.1) is 5.92 Å². The van der Waals surface area contributed by atoms with E-state index < -0.39 is 0 Å². The van der Waals surface area contributed by atoms with Gasteiger partial charge in [0.2, 0.25) is 5.91 Å². The highest BCUT2D eigenvalue weighted by Gasteiger charge is 2.23. The SMILES string of the molecule is CC(=O)N1CCC(CCCBr)C1. The minimum absolute atomic E-state index is 0.233. The molecule has 0 aliphatic carbocycles. The van der Waals surface area contributed by atoms with E-state index in [0.29, 0.717) is 0 Å². The summed E-state index contributed by atoms with van der Waals surface area (Å²) in [6.45, 7) is 3.62. The Bertz CT molecular complexity index is 161. The van der Waals surface area contributed by atoms with E-state index >= 15 is 0 Å². The number of alkyl halides is 1. The lowest BCUT2D eigenvalue weighted by Crippen LogP contribution is -2.25. The van der Waals surface area contributed by atoms with Gasteiger partial charge in [-0.3, -0.25) is 4.79 Å². The highest BCUT2D eigenvalue weighted by Crippen LogP contribution is 2.21. The van der Waals surface area contributed by atoms with Crippen molar-refractivity contribution in [3.05, 3.63) is 0 Å². The Morgan fingerprint density at radius 1 is 1.67 bits per heavy atom. The van der Waals surface area contributed by atoms with E-state index in [9.17, 15) is 4.79 Å². The van der Waals surface area contributed by atoms with E-state index in [2.05, 4.69) is 15.9 Å². The lowest BCUT2D eigenvalue weighted by molar-refractivity contribution is -0.127. The van der Waals surface area contributed by atoms with Gasteiger partial charge in [0.15, 0.2) is 0 Å². The zero-order chi connectivity index (χ0) is 8.97. The first kappa shape index (κ1) is 10.0. The Morgan fingerprint density at radius 2 is 2.42 bits per heavy atom. The summed E-state index contributed by atoms with van der Waals surface area (Å²) >= 11 is 3.42. The van der Waals surface area contributed by atoms with Crippen LogP contribution in [0.25, 0.3) is 0 Å². The van der Waals surface area contributed by atoms with Crippen LogP contribution >= 0.6 is 15.9 Å². The molecule has 1 atom stereocenters. The van der Waals surface area contributed by atoms with E-state index in [1.54, 1.807) is 6.92 Å². The molecule has 1 aliphatic rings. The Morgan fingerprint density at radius 3 is 2.92 bits per heavy atom. The predicted octanol–water partition coefficient (Wildman–Crippen LogP) is 2.03. The van der Waals surface area contributed by atoms with Crippen molar-refractivity contribution in [3.63, 3.8) is 0 Å². The minimum Gasteiger partial charge on any atom is -0.343 e. The van der Waals surface area contributed by atoms with Crippen molar-refractivity contribution in [1.29, 1.82) is 0 Å². The molecule has 0 N–H and O–H groups in total. The van der Waals surface area contributed by atoms with Crippen LogP contribution < -0.4 is 0 Å². The molecule has 12 heavy (non-hydrogen) atoms. The summed E-state index contributed by atoms with van der Waals surface area (Å²) in [6, 6.07) is 0. The standard InChI is InChI=1S/C9H16BrNO/c1-8(12)11-6-4-9(7-11)3-2-5-10/h9H,2-7H2,1H3. The molecule has 1 heterocycles. The van der Waals surface area contributed by atoms with E-state index in [1.165, 1.54) is 19.3 Å². The van der Waals surface area contributed by atoms with Crippen LogP contribution in [0.5, 0.6) is 0 Å². The van der Waals surface area contributed by atoms with Gasteiger partial charge < -0.3 is 4.90 Å². The van der Waals surface area contributed by atoms with Crippen LogP contribution in [0.3, 0.4) is 0 Å². The van der Waals surface area contributed by atoms with E-state index in [4.69, 9.17) is 0 Å². The molecule has 0 aromatic carbocycles. The van der Waals surface area contributed by atoms with Crippen LogP contribution in [-0.4, -0.2) is 29.2 Å². The molecule has 0 spiro atoms. The van der Waals surface area contributed by atoms with Crippen molar-refractivity contribution in [2.45, 2.75) is 26.2 Å². The van der Waals surface area contributed by atoms with Crippen molar-refractivity contribution in [2.75, 3.05) is 18.4 Å². The second kappa shape index (κ2) is 4.85. The quantitative estimate of drug-likeness (QED) is 0.684. The fourth-order valence-electron chi connectivity index (χ4n) is 1.72. The van der Waals surface area contributed by atoms with Gasteiger partial charge in [0.05, 0.1) is 0 Å². The maximum absolute atomic E-state index is 11.0. The first-order valence-corrected chi connectivity index (χ1v) is 5.67. The smallest absolute Gasteiger partial charge is 0.219 e. The number of likely N-dealkylation sites (tertiary alicyclic amines) is 1. The predicted molar refractivity (Wildman–Crippen MR) is 53.4 cm³/mol. The summed E-state index contributed by atoms with van der Waals surface area (Å²) in [6.07, 6.45) is 3.69. The van der Waals surface area contributed by atoms with Crippen LogP contribution in [-0.2, 0) is 4.79 Å². The lowest BCUT2D eigenvalue weighted by atomic mass is 10.0. The Hall–Kier alpha value is -0.0500. The summed E-state index contributed by atoms with van der Waals surface area (Å²) in [5.74, 6) is 0.989. The zero-order valence-electron chi connectivity index (χ0n) is 7.55. The number of amides is 1. The Kier molecular flexibility index (Phi) is 4.06. The summed E-state index contributed by atoms with van der Waals surface area (Å²) in [7, 11) is 0. The van der Waals surface area contributed by atoms with Gasteiger partial charge in [-0.2, -0.15) is 0 Å². The molecule has 2 nitrogen and oxygen atoms in total. The molecule has 1 fully saturated rings. The van der Waals surface area contributed by atoms with Gasteiger partial charge in [-0.05, 0) is 25.2 Å². The Labute approximate surface area is 82.4 Å². The zero-order valence-corrected chi connectivity index (χ0v) is 9.14. The molecular formula is C9H16BrNO. The molecule has 1 rings (SSSR count). The monoisotopic (exact) mass is 233 g/mol. The molecule has 0 saturated carbocycles. The van der Waals surface area contributed by atoms with Crippen LogP contribution in [0.15, 0.2) is 0 Å². The van der Waals surface area contributed by atoms with Gasteiger partial charge in [0.25, 0.3) is 0 Å². The van der Waals surface area contributed by atoms with Crippen molar-refractivity contribution < 1.29 is 4.79 Å². The number of halogens is 1. The topological polar surface area (TPSA) is 20.3 Å². The van der Waals surface area contributed by atoms with E-state index in [0.717, 1.165) is 24.3 Å². The highest BCUT2D eigenvalue weighted by molar-refractivity contribution is 9.09. The first-order chi connectivity index (χ1) is 5.74. The van der Waals surface area contributed by atoms with Gasteiger partial charge >= 0.3 is 0 Å². The second-order valence-corrected chi connectivity index (χ2v) is 4.24. The summed E-state index contributed by atoms with van der Waals surface area (Å²) in [4.78, 5) is 12.9. The third kappa shape index (κ3) is 2.77. The van der Waals surface area contributed by atoms with Crippen molar-refractivity contribution in [3.8, 4) is 0 Å². The molecule has 0 bridgehead atoms. The maximum atomic E-state index is 11.0. The molecule has 1 unspecified atom stereocenters. The fourth-order valence-corrected chi connectivity index (χ4v) is 2.04.